The molecule has 0 bridgehead atoms. The molecule has 2 heteroatoms. The van der Waals surface area contributed by atoms with Gasteiger partial charge in [0.05, 0.1) is 0 Å². The van der Waals surface area contributed by atoms with Crippen LogP contribution in [0.15, 0.2) is 0 Å². The van der Waals surface area contributed by atoms with Crippen molar-refractivity contribution in [3.8, 4) is 0 Å². The molecule has 0 spiro atoms. The van der Waals surface area contributed by atoms with Crippen molar-refractivity contribution in [2.24, 2.45) is 0 Å². The predicted octanol–water partition coefficient (Wildman–Crippen LogP) is -0.101. The summed E-state index contributed by atoms with van der Waals surface area (Å²) in [5.41, 5.74) is 0. The van der Waals surface area contributed by atoms with Gasteiger partial charge in [-0.25, -0.2) is 0 Å². The number of hydrogen-bond acceptors (Lipinski definition) is 1. The van der Waals surface area contributed by atoms with E-state index in [4.69, 9.17) is 4.74 Å². The average molecular weight is 67.9 g/mol. The van der Waals surface area contributed by atoms with Gasteiger partial charge in [-0.15, -0.1) is 0 Å². The molecule has 0 aliphatic carbocycles. The van der Waals surface area contributed by atoms with Crippen molar-refractivity contribution in [1.29, 1.82) is 0 Å². The Kier molecular flexibility index (Phi) is 0.734. The topological polar surface area (TPSA) is 9.23 Å². The fraction of sp³-hybridized carbons (Fsp3) is 0.667. The molecule has 0 aromatic carbocycles. The first-order chi connectivity index (χ1) is 2.50. The molecule has 0 aromatic heterocycles. The third-order valence-corrected chi connectivity index (χ3v) is 0.595. The van der Waals surface area contributed by atoms with E-state index in [1.54, 1.807) is 6.15 Å². The summed E-state index contributed by atoms with van der Waals surface area (Å²) in [4.78, 5) is 0. The van der Waals surface area contributed by atoms with Gasteiger partial charge in [-0.05, 0) is 0 Å². The van der Waals surface area contributed by atoms with Crippen LogP contribution >= 0.6 is 0 Å². The summed E-state index contributed by atoms with van der Waals surface area (Å²) in [6, 6.07) is 0. The van der Waals surface area contributed by atoms with Gasteiger partial charge in [0.25, 0.3) is 0 Å². The number of hydrogen-bond donors (Lipinski definition) is 0. The van der Waals surface area contributed by atoms with Gasteiger partial charge in [-0.3, -0.25) is 0 Å². The van der Waals surface area contributed by atoms with Crippen LogP contribution in [-0.4, -0.2) is 19.7 Å². The molecule has 1 heterocycles. The summed E-state index contributed by atoms with van der Waals surface area (Å²) in [7, 11) is 0. The monoisotopic (exact) mass is 68.0 g/mol. The van der Waals surface area contributed by atoms with E-state index in [1.165, 1.54) is 0 Å². The number of ether oxygens (including phenoxy) is 1. The summed E-state index contributed by atoms with van der Waals surface area (Å²) in [6.45, 7) is 2.90. The molecule has 0 unspecified atom stereocenters. The van der Waals surface area contributed by atoms with Gasteiger partial charge in [0.15, 0.2) is 0 Å². The van der Waals surface area contributed by atoms with Gasteiger partial charge in [0.2, 0.25) is 0 Å². The van der Waals surface area contributed by atoms with Crippen molar-refractivity contribution in [2.45, 2.75) is 6.32 Å². The molecule has 0 radical (unpaired) electrons. The Bertz CT molecular complexity index is 44.9. The zero-order chi connectivity index (χ0) is 3.54. The molecular weight excluding hydrogens is 62.8 g/mol. The molecule has 1 rings (SSSR count). The second-order valence-electron chi connectivity index (χ2n) is 1.03. The zero-order valence-corrected chi connectivity index (χ0v) is 2.98. The molecule has 0 N–H and O–H groups in total. The third-order valence-electron chi connectivity index (χ3n) is 0.595. The second-order valence-corrected chi connectivity index (χ2v) is 1.03. The molecule has 0 amide bonds. The van der Waals surface area contributed by atoms with Crippen LogP contribution in [0.3, 0.4) is 0 Å². The van der Waals surface area contributed by atoms with E-state index in [0.717, 1.165) is 12.9 Å². The summed E-state index contributed by atoms with van der Waals surface area (Å²) in [6.07, 6.45) is 2.83. The van der Waals surface area contributed by atoms with Crippen molar-refractivity contribution in [3.63, 3.8) is 0 Å². The van der Waals surface area contributed by atoms with Gasteiger partial charge < -0.3 is 0 Å². The third kappa shape index (κ3) is 0.501. The first-order valence-electron chi connectivity index (χ1n) is 1.77. The summed E-state index contributed by atoms with van der Waals surface area (Å²) in [5, 5.41) is 0. The molecule has 0 fully saturated rings. The first-order valence-corrected chi connectivity index (χ1v) is 1.77. The van der Waals surface area contributed by atoms with E-state index in [9.17, 15) is 0 Å². The minimum atomic E-state index is 0.889. The SMILES string of the molecule is B1=COCC1. The maximum absolute atomic E-state index is 4.76. The van der Waals surface area contributed by atoms with Crippen molar-refractivity contribution in [2.75, 3.05) is 6.61 Å². The molecule has 0 aromatic rings. The minimum absolute atomic E-state index is 0.889. The predicted molar refractivity (Wildman–Crippen MR) is 22.6 cm³/mol. The van der Waals surface area contributed by atoms with E-state index < -0.39 is 0 Å². The Labute approximate surface area is 31.9 Å². The van der Waals surface area contributed by atoms with Gasteiger partial charge in [0, 0.05) is 0 Å². The van der Waals surface area contributed by atoms with Crippen LogP contribution < -0.4 is 0 Å². The van der Waals surface area contributed by atoms with Gasteiger partial charge in [-0.2, -0.15) is 0 Å². The van der Waals surface area contributed by atoms with Crippen LogP contribution in [0, 0.1) is 0 Å². The van der Waals surface area contributed by atoms with Crippen molar-refractivity contribution < 1.29 is 4.74 Å². The van der Waals surface area contributed by atoms with Crippen LogP contribution in [0.25, 0.3) is 0 Å². The normalized spacial score (nSPS) is 17.6. The van der Waals surface area contributed by atoms with Crippen LogP contribution in [0.2, 0.25) is 6.32 Å². The summed E-state index contributed by atoms with van der Waals surface area (Å²) < 4.78 is 4.76. The van der Waals surface area contributed by atoms with E-state index in [0.29, 0.717) is 0 Å². The average Bonchev–Trinajstić information content (AvgIpc) is 1.76. The van der Waals surface area contributed by atoms with Crippen molar-refractivity contribution in [3.05, 3.63) is 0 Å². The first kappa shape index (κ1) is 2.95. The molecule has 1 aliphatic heterocycles. The Balaban J connectivity index is 2.32. The number of rotatable bonds is 0. The van der Waals surface area contributed by atoms with E-state index >= 15 is 0 Å². The Hall–Kier alpha value is -0.265. The molecule has 0 saturated heterocycles. The zero-order valence-electron chi connectivity index (χ0n) is 2.98. The molecule has 1 aliphatic rings. The van der Waals surface area contributed by atoms with E-state index in [-0.39, 0.29) is 0 Å². The second kappa shape index (κ2) is 1.25. The fourth-order valence-corrected chi connectivity index (χ4v) is 0.340. The molecule has 0 atom stereocenters. The van der Waals surface area contributed by atoms with E-state index in [2.05, 4.69) is 0 Å². The van der Waals surface area contributed by atoms with Gasteiger partial charge in [0.1, 0.15) is 0 Å². The molecule has 0 saturated carbocycles. The molecule has 26 valence electrons. The Morgan fingerprint density at radius 1 is 1.80 bits per heavy atom. The van der Waals surface area contributed by atoms with Crippen LogP contribution in [0.5, 0.6) is 0 Å². The van der Waals surface area contributed by atoms with Crippen molar-refractivity contribution >= 4 is 13.1 Å². The fourth-order valence-electron chi connectivity index (χ4n) is 0.340. The maximum atomic E-state index is 4.76. The van der Waals surface area contributed by atoms with Crippen LogP contribution in [-0.2, 0) is 4.74 Å². The van der Waals surface area contributed by atoms with Crippen LogP contribution in [0.4, 0.5) is 0 Å². The van der Waals surface area contributed by atoms with Gasteiger partial charge in [-0.1, -0.05) is 0 Å². The molecular formula is C3H5BO. The quantitative estimate of drug-likeness (QED) is 0.360. The summed E-state index contributed by atoms with van der Waals surface area (Å²) in [5.74, 6) is 0. The van der Waals surface area contributed by atoms with Crippen LogP contribution in [0.1, 0.15) is 0 Å². The summed E-state index contributed by atoms with van der Waals surface area (Å²) >= 11 is 0. The standard InChI is InChI=1S/C3H5BO/c1-2-5-3-4-1/h3H,1-2H2. The van der Waals surface area contributed by atoms with Gasteiger partial charge >= 0.3 is 30.7 Å². The Morgan fingerprint density at radius 2 is 2.80 bits per heavy atom. The Morgan fingerprint density at radius 3 is 3.00 bits per heavy atom. The molecule has 1 nitrogen and oxygen atoms in total. The van der Waals surface area contributed by atoms with E-state index in [1.807, 2.05) is 6.92 Å². The molecule has 5 heavy (non-hydrogen) atoms. The van der Waals surface area contributed by atoms with Crippen molar-refractivity contribution in [1.82, 2.24) is 0 Å².